The highest BCUT2D eigenvalue weighted by Gasteiger charge is 2.60. The molecule has 3 rings (SSSR count). The van der Waals surface area contributed by atoms with E-state index in [1.54, 1.807) is 0 Å². The smallest absolute Gasteiger partial charge is 0.133 e. The summed E-state index contributed by atoms with van der Waals surface area (Å²) in [6.07, 6.45) is 5.02. The first-order valence-corrected chi connectivity index (χ1v) is 7.72. The van der Waals surface area contributed by atoms with Crippen molar-refractivity contribution in [3.05, 3.63) is 0 Å². The Morgan fingerprint density at radius 1 is 1.21 bits per heavy atom. The van der Waals surface area contributed by atoms with E-state index in [-0.39, 0.29) is 17.4 Å². The SMILES string of the molecule is C[C@]12CCC(O)[C@@](C)(CO)[C@@H]1CCC1CC(=O)C[C@@H]12. The van der Waals surface area contributed by atoms with Crippen LogP contribution in [-0.4, -0.2) is 28.7 Å². The Kier molecular flexibility index (Phi) is 3.06. The molecule has 0 aromatic carbocycles. The third-order valence-electron chi connectivity index (χ3n) is 6.83. The fourth-order valence-corrected chi connectivity index (χ4v) is 5.64. The van der Waals surface area contributed by atoms with E-state index >= 15 is 0 Å². The highest BCUT2D eigenvalue weighted by Crippen LogP contribution is 2.63. The highest BCUT2D eigenvalue weighted by atomic mass is 16.3. The maximum Gasteiger partial charge on any atom is 0.133 e. The van der Waals surface area contributed by atoms with Gasteiger partial charge in [0.15, 0.2) is 0 Å². The second kappa shape index (κ2) is 4.29. The summed E-state index contributed by atoms with van der Waals surface area (Å²) in [6.45, 7) is 4.41. The summed E-state index contributed by atoms with van der Waals surface area (Å²) in [5.41, 5.74) is -0.255. The van der Waals surface area contributed by atoms with Crippen molar-refractivity contribution < 1.29 is 15.0 Å². The maximum absolute atomic E-state index is 11.8. The molecule has 3 nitrogen and oxygen atoms in total. The lowest BCUT2D eigenvalue weighted by Gasteiger charge is -2.60. The second-order valence-corrected chi connectivity index (χ2v) is 7.67. The number of hydrogen-bond donors (Lipinski definition) is 2. The number of hydrogen-bond acceptors (Lipinski definition) is 3. The molecule has 0 aromatic heterocycles. The summed E-state index contributed by atoms with van der Waals surface area (Å²) < 4.78 is 0. The quantitative estimate of drug-likeness (QED) is 0.764. The number of ketones is 1. The van der Waals surface area contributed by atoms with Gasteiger partial charge in [-0.2, -0.15) is 0 Å². The van der Waals surface area contributed by atoms with Crippen molar-refractivity contribution in [1.82, 2.24) is 0 Å². The van der Waals surface area contributed by atoms with E-state index in [0.717, 1.165) is 38.5 Å². The first-order chi connectivity index (χ1) is 8.91. The summed E-state index contributed by atoms with van der Waals surface area (Å²) in [4.78, 5) is 11.8. The molecule has 6 atom stereocenters. The van der Waals surface area contributed by atoms with Gasteiger partial charge in [0.25, 0.3) is 0 Å². The Balaban J connectivity index is 1.96. The summed E-state index contributed by atoms with van der Waals surface area (Å²) >= 11 is 0. The van der Waals surface area contributed by atoms with Crippen LogP contribution in [-0.2, 0) is 4.79 Å². The largest absolute Gasteiger partial charge is 0.396 e. The normalized spacial score (nSPS) is 53.8. The number of Topliss-reactive ketones (excluding diaryl/α,β-unsaturated/α-hetero) is 1. The summed E-state index contributed by atoms with van der Waals surface area (Å²) in [5, 5.41) is 20.2. The van der Waals surface area contributed by atoms with Crippen LogP contribution in [0.3, 0.4) is 0 Å². The summed E-state index contributed by atoms with van der Waals surface area (Å²) in [6, 6.07) is 0. The van der Waals surface area contributed by atoms with Crippen molar-refractivity contribution in [3.63, 3.8) is 0 Å². The van der Waals surface area contributed by atoms with Crippen LogP contribution in [0.5, 0.6) is 0 Å². The van der Waals surface area contributed by atoms with Crippen molar-refractivity contribution in [2.45, 2.75) is 58.5 Å². The third-order valence-corrected chi connectivity index (χ3v) is 6.83. The minimum atomic E-state index is -0.399. The van der Waals surface area contributed by atoms with Gasteiger partial charge < -0.3 is 10.2 Å². The van der Waals surface area contributed by atoms with Gasteiger partial charge in [-0.25, -0.2) is 0 Å². The van der Waals surface area contributed by atoms with Crippen LogP contribution < -0.4 is 0 Å². The number of fused-ring (bicyclic) bond motifs is 3. The zero-order valence-corrected chi connectivity index (χ0v) is 12.1. The van der Waals surface area contributed by atoms with Crippen LogP contribution in [0.15, 0.2) is 0 Å². The highest BCUT2D eigenvalue weighted by molar-refractivity contribution is 5.81. The van der Waals surface area contributed by atoms with Gasteiger partial charge in [-0.15, -0.1) is 0 Å². The molecule has 3 saturated carbocycles. The van der Waals surface area contributed by atoms with Crippen LogP contribution >= 0.6 is 0 Å². The van der Waals surface area contributed by atoms with E-state index < -0.39 is 6.10 Å². The summed E-state index contributed by atoms with van der Waals surface area (Å²) in [7, 11) is 0. The van der Waals surface area contributed by atoms with Crippen LogP contribution in [0.2, 0.25) is 0 Å². The molecule has 0 amide bonds. The van der Waals surface area contributed by atoms with Crippen molar-refractivity contribution >= 4 is 5.78 Å². The van der Waals surface area contributed by atoms with Crippen molar-refractivity contribution in [2.24, 2.45) is 28.6 Å². The Hall–Kier alpha value is -0.410. The predicted octanol–water partition coefficient (Wildman–Crippen LogP) is 2.15. The van der Waals surface area contributed by atoms with Gasteiger partial charge in [-0.05, 0) is 48.9 Å². The first kappa shape index (κ1) is 13.6. The molecular weight excluding hydrogens is 240 g/mol. The van der Waals surface area contributed by atoms with E-state index in [4.69, 9.17) is 0 Å². The van der Waals surface area contributed by atoms with Gasteiger partial charge in [-0.3, -0.25) is 4.79 Å². The maximum atomic E-state index is 11.8. The van der Waals surface area contributed by atoms with Crippen molar-refractivity contribution in [1.29, 1.82) is 0 Å². The van der Waals surface area contributed by atoms with Gasteiger partial charge in [0, 0.05) is 18.3 Å². The Morgan fingerprint density at radius 3 is 2.63 bits per heavy atom. The zero-order valence-electron chi connectivity index (χ0n) is 12.1. The zero-order chi connectivity index (χ0) is 13.8. The average molecular weight is 266 g/mol. The number of aliphatic hydroxyl groups excluding tert-OH is 2. The second-order valence-electron chi connectivity index (χ2n) is 7.67. The van der Waals surface area contributed by atoms with Crippen molar-refractivity contribution in [3.8, 4) is 0 Å². The fraction of sp³-hybridized carbons (Fsp3) is 0.938. The minimum absolute atomic E-state index is 0.0553. The Morgan fingerprint density at radius 2 is 1.95 bits per heavy atom. The molecule has 2 unspecified atom stereocenters. The van der Waals surface area contributed by atoms with Crippen LogP contribution in [0.25, 0.3) is 0 Å². The molecule has 3 aliphatic carbocycles. The van der Waals surface area contributed by atoms with Crippen LogP contribution in [0.1, 0.15) is 52.4 Å². The molecule has 0 radical (unpaired) electrons. The molecule has 108 valence electrons. The minimum Gasteiger partial charge on any atom is -0.396 e. The van der Waals surface area contributed by atoms with E-state index in [9.17, 15) is 15.0 Å². The van der Waals surface area contributed by atoms with Gasteiger partial charge in [0.2, 0.25) is 0 Å². The molecule has 0 heterocycles. The van der Waals surface area contributed by atoms with E-state index in [1.807, 2.05) is 6.92 Å². The van der Waals surface area contributed by atoms with Crippen LogP contribution in [0.4, 0.5) is 0 Å². The lowest BCUT2D eigenvalue weighted by molar-refractivity contribution is -0.168. The standard InChI is InChI=1S/C16H26O3/c1-15-6-5-14(19)16(2,9-17)13(15)4-3-10-7-11(18)8-12(10)15/h10,12-14,17,19H,3-9H2,1-2H3/t10?,12-,13+,14?,15+,16-/m0/s1. The Labute approximate surface area is 115 Å². The van der Waals surface area contributed by atoms with E-state index in [0.29, 0.717) is 23.5 Å². The molecule has 19 heavy (non-hydrogen) atoms. The van der Waals surface area contributed by atoms with Gasteiger partial charge in [0.1, 0.15) is 5.78 Å². The predicted molar refractivity (Wildman–Crippen MR) is 72.5 cm³/mol. The Bertz CT molecular complexity index is 393. The molecule has 0 aliphatic heterocycles. The topological polar surface area (TPSA) is 57.5 Å². The lowest BCUT2D eigenvalue weighted by atomic mass is 9.46. The first-order valence-electron chi connectivity index (χ1n) is 7.72. The lowest BCUT2D eigenvalue weighted by Crippen LogP contribution is -2.57. The number of carbonyl (C=O) groups excluding carboxylic acids is 1. The number of rotatable bonds is 1. The monoisotopic (exact) mass is 266 g/mol. The molecule has 2 N–H and O–H groups in total. The molecule has 0 aromatic rings. The molecule has 0 saturated heterocycles. The molecule has 3 fully saturated rings. The molecule has 0 bridgehead atoms. The van der Waals surface area contributed by atoms with Crippen molar-refractivity contribution in [2.75, 3.05) is 6.61 Å². The molecule has 3 heteroatoms. The molecule has 0 spiro atoms. The summed E-state index contributed by atoms with van der Waals surface area (Å²) in [5.74, 6) is 1.82. The van der Waals surface area contributed by atoms with Gasteiger partial charge in [0.05, 0.1) is 12.7 Å². The fourth-order valence-electron chi connectivity index (χ4n) is 5.64. The van der Waals surface area contributed by atoms with E-state index in [1.165, 1.54) is 0 Å². The van der Waals surface area contributed by atoms with Gasteiger partial charge in [-0.1, -0.05) is 13.8 Å². The number of aliphatic hydroxyl groups is 2. The molecular formula is C16H26O3. The van der Waals surface area contributed by atoms with E-state index in [2.05, 4.69) is 6.92 Å². The number of carbonyl (C=O) groups is 1. The molecule has 3 aliphatic rings. The average Bonchev–Trinajstić information content (AvgIpc) is 2.76. The third kappa shape index (κ3) is 1.74. The van der Waals surface area contributed by atoms with Crippen LogP contribution in [0, 0.1) is 28.6 Å². The van der Waals surface area contributed by atoms with Gasteiger partial charge >= 0.3 is 0 Å².